The lowest BCUT2D eigenvalue weighted by Gasteiger charge is -2.46. The van der Waals surface area contributed by atoms with Gasteiger partial charge in [-0.3, -0.25) is 9.80 Å². The number of rotatable bonds is 3. The van der Waals surface area contributed by atoms with Crippen LogP contribution in [0.4, 0.5) is 0 Å². The Hall–Kier alpha value is 0.1000. The quantitative estimate of drug-likeness (QED) is 0.796. The van der Waals surface area contributed by atoms with Crippen molar-refractivity contribution < 1.29 is 0 Å². The van der Waals surface area contributed by atoms with Gasteiger partial charge in [0.2, 0.25) is 0 Å². The van der Waals surface area contributed by atoms with Gasteiger partial charge in [0.25, 0.3) is 0 Å². The Kier molecular flexibility index (Phi) is 3.60. The number of nitrogens with one attached hydrogen (secondary N) is 1. The molecule has 2 rings (SSSR count). The zero-order valence-corrected chi connectivity index (χ0v) is 10.1. The summed E-state index contributed by atoms with van der Waals surface area (Å²) in [5, 5.41) is 3.38. The monoisotopic (exact) mass is 259 g/mol. The summed E-state index contributed by atoms with van der Waals surface area (Å²) in [6.45, 7) is 12.0. The molecular formula is C10H18BrN3. The largest absolute Gasteiger partial charge is 0.314 e. The average molecular weight is 260 g/mol. The SMILES string of the molecule is C=C(Br)CN1CC(N2CCNCC2)C1. The molecule has 3 nitrogen and oxygen atoms in total. The second kappa shape index (κ2) is 4.75. The number of hydrogen-bond donors (Lipinski definition) is 1. The Balaban J connectivity index is 1.68. The van der Waals surface area contributed by atoms with Crippen LogP contribution >= 0.6 is 15.9 Å². The Morgan fingerprint density at radius 2 is 2.00 bits per heavy atom. The van der Waals surface area contributed by atoms with Crippen molar-refractivity contribution in [2.24, 2.45) is 0 Å². The highest BCUT2D eigenvalue weighted by Gasteiger charge is 2.31. The highest BCUT2D eigenvalue weighted by atomic mass is 79.9. The van der Waals surface area contributed by atoms with Crippen LogP contribution in [0.2, 0.25) is 0 Å². The van der Waals surface area contributed by atoms with Crippen LogP contribution in [-0.4, -0.2) is 61.7 Å². The van der Waals surface area contributed by atoms with Gasteiger partial charge in [-0.25, -0.2) is 0 Å². The minimum atomic E-state index is 0.795. The fraction of sp³-hybridized carbons (Fsp3) is 0.800. The number of hydrogen-bond acceptors (Lipinski definition) is 3. The Labute approximate surface area is 94.3 Å². The van der Waals surface area contributed by atoms with E-state index in [4.69, 9.17) is 0 Å². The zero-order chi connectivity index (χ0) is 9.97. The van der Waals surface area contributed by atoms with Gasteiger partial charge in [0, 0.05) is 56.3 Å². The van der Waals surface area contributed by atoms with Crippen LogP contribution in [0.25, 0.3) is 0 Å². The van der Waals surface area contributed by atoms with Crippen LogP contribution in [0.1, 0.15) is 0 Å². The molecule has 0 unspecified atom stereocenters. The predicted molar refractivity (Wildman–Crippen MR) is 62.7 cm³/mol. The van der Waals surface area contributed by atoms with Crippen LogP contribution in [-0.2, 0) is 0 Å². The molecule has 2 aliphatic heterocycles. The molecule has 0 aromatic heterocycles. The Bertz CT molecular complexity index is 207. The molecule has 0 atom stereocenters. The molecule has 4 heteroatoms. The standard InChI is InChI=1S/C10H18BrN3/c1-9(11)6-13-7-10(8-13)14-4-2-12-3-5-14/h10,12H,1-8H2. The summed E-state index contributed by atoms with van der Waals surface area (Å²) in [5.74, 6) is 0. The van der Waals surface area contributed by atoms with Crippen molar-refractivity contribution in [1.82, 2.24) is 15.1 Å². The molecule has 2 saturated heterocycles. The minimum absolute atomic E-state index is 0.795. The normalized spacial score (nSPS) is 26.1. The third-order valence-corrected chi connectivity index (χ3v) is 3.25. The third kappa shape index (κ3) is 2.57. The first kappa shape index (κ1) is 10.6. The second-order valence-electron chi connectivity index (χ2n) is 4.15. The van der Waals surface area contributed by atoms with Gasteiger partial charge in [-0.15, -0.1) is 0 Å². The van der Waals surface area contributed by atoms with Crippen molar-refractivity contribution in [3.8, 4) is 0 Å². The summed E-state index contributed by atoms with van der Waals surface area (Å²) < 4.78 is 1.09. The maximum absolute atomic E-state index is 3.87. The molecule has 0 radical (unpaired) electrons. The molecule has 80 valence electrons. The molecule has 2 heterocycles. The second-order valence-corrected chi connectivity index (χ2v) is 5.27. The van der Waals surface area contributed by atoms with E-state index in [-0.39, 0.29) is 0 Å². The van der Waals surface area contributed by atoms with Crippen molar-refractivity contribution in [1.29, 1.82) is 0 Å². The fourth-order valence-electron chi connectivity index (χ4n) is 2.19. The molecule has 0 aromatic rings. The smallest absolute Gasteiger partial charge is 0.0351 e. The van der Waals surface area contributed by atoms with E-state index in [9.17, 15) is 0 Å². The first-order valence-corrected chi connectivity index (χ1v) is 6.05. The predicted octanol–water partition coefficient (Wildman–Crippen LogP) is 0.484. The van der Waals surface area contributed by atoms with Gasteiger partial charge in [0.15, 0.2) is 0 Å². The van der Waals surface area contributed by atoms with E-state index in [1.54, 1.807) is 0 Å². The van der Waals surface area contributed by atoms with Crippen LogP contribution in [0.5, 0.6) is 0 Å². The lowest BCUT2D eigenvalue weighted by Crippen LogP contribution is -2.62. The van der Waals surface area contributed by atoms with Gasteiger partial charge in [-0.05, 0) is 0 Å². The summed E-state index contributed by atoms with van der Waals surface area (Å²) in [7, 11) is 0. The van der Waals surface area contributed by atoms with E-state index in [2.05, 4.69) is 37.6 Å². The summed E-state index contributed by atoms with van der Waals surface area (Å²) in [6, 6.07) is 0.795. The molecule has 0 aliphatic carbocycles. The van der Waals surface area contributed by atoms with Crippen LogP contribution in [0.15, 0.2) is 11.1 Å². The molecule has 0 amide bonds. The third-order valence-electron chi connectivity index (χ3n) is 3.00. The maximum atomic E-state index is 3.87. The molecule has 0 bridgehead atoms. The van der Waals surface area contributed by atoms with E-state index >= 15 is 0 Å². The lowest BCUT2D eigenvalue weighted by molar-refractivity contribution is 0.0346. The Morgan fingerprint density at radius 1 is 1.36 bits per heavy atom. The average Bonchev–Trinajstić information content (AvgIpc) is 2.12. The van der Waals surface area contributed by atoms with Gasteiger partial charge in [-0.1, -0.05) is 22.5 Å². The van der Waals surface area contributed by atoms with Gasteiger partial charge in [0.05, 0.1) is 0 Å². The van der Waals surface area contributed by atoms with Gasteiger partial charge in [0.1, 0.15) is 0 Å². The van der Waals surface area contributed by atoms with Crippen molar-refractivity contribution in [3.63, 3.8) is 0 Å². The van der Waals surface area contributed by atoms with Gasteiger partial charge in [-0.2, -0.15) is 0 Å². The van der Waals surface area contributed by atoms with Crippen LogP contribution in [0, 0.1) is 0 Å². The zero-order valence-electron chi connectivity index (χ0n) is 8.51. The van der Waals surface area contributed by atoms with E-state index in [0.717, 1.165) is 30.2 Å². The molecule has 2 aliphatic rings. The van der Waals surface area contributed by atoms with Gasteiger partial charge < -0.3 is 5.32 Å². The molecule has 14 heavy (non-hydrogen) atoms. The summed E-state index contributed by atoms with van der Waals surface area (Å²) >= 11 is 3.41. The van der Waals surface area contributed by atoms with Crippen molar-refractivity contribution >= 4 is 15.9 Å². The number of halogens is 1. The first-order valence-electron chi connectivity index (χ1n) is 5.26. The highest BCUT2D eigenvalue weighted by molar-refractivity contribution is 9.11. The topological polar surface area (TPSA) is 18.5 Å². The van der Waals surface area contributed by atoms with Crippen LogP contribution < -0.4 is 5.32 Å². The van der Waals surface area contributed by atoms with Crippen LogP contribution in [0.3, 0.4) is 0 Å². The van der Waals surface area contributed by atoms with E-state index in [1.807, 2.05) is 0 Å². The number of piperazine rings is 1. The number of likely N-dealkylation sites (tertiary alicyclic amines) is 1. The summed E-state index contributed by atoms with van der Waals surface area (Å²) in [6.07, 6.45) is 0. The molecule has 2 fully saturated rings. The van der Waals surface area contributed by atoms with Crippen molar-refractivity contribution in [3.05, 3.63) is 11.1 Å². The lowest BCUT2D eigenvalue weighted by atomic mass is 10.1. The van der Waals surface area contributed by atoms with E-state index in [1.165, 1.54) is 26.2 Å². The number of nitrogens with zero attached hydrogens (tertiary/aromatic N) is 2. The van der Waals surface area contributed by atoms with Gasteiger partial charge >= 0.3 is 0 Å². The van der Waals surface area contributed by atoms with E-state index < -0.39 is 0 Å². The highest BCUT2D eigenvalue weighted by Crippen LogP contribution is 2.17. The van der Waals surface area contributed by atoms with Crippen molar-refractivity contribution in [2.45, 2.75) is 6.04 Å². The summed E-state index contributed by atoms with van der Waals surface area (Å²) in [5.41, 5.74) is 0. The first-order chi connectivity index (χ1) is 6.75. The fourth-order valence-corrected chi connectivity index (χ4v) is 2.55. The molecule has 1 N–H and O–H groups in total. The molecule has 0 saturated carbocycles. The molecular weight excluding hydrogens is 242 g/mol. The maximum Gasteiger partial charge on any atom is 0.0351 e. The summed E-state index contributed by atoms with van der Waals surface area (Å²) in [4.78, 5) is 5.04. The van der Waals surface area contributed by atoms with Crippen molar-refractivity contribution in [2.75, 3.05) is 45.8 Å². The molecule has 0 aromatic carbocycles. The van der Waals surface area contributed by atoms with E-state index in [0.29, 0.717) is 0 Å². The molecule has 0 spiro atoms. The Morgan fingerprint density at radius 3 is 2.57 bits per heavy atom. The minimum Gasteiger partial charge on any atom is -0.314 e.